The lowest BCUT2D eigenvalue weighted by Crippen LogP contribution is -2.27. The number of anilines is 1. The molecule has 31 heavy (non-hydrogen) atoms. The molecule has 8 nitrogen and oxygen atoms in total. The molecular weight excluding hydrogens is 392 g/mol. The molecule has 158 valence electrons. The van der Waals surface area contributed by atoms with Gasteiger partial charge in [0.25, 0.3) is 5.91 Å². The van der Waals surface area contributed by atoms with E-state index in [9.17, 15) is 4.79 Å². The Balaban J connectivity index is 1.63. The molecule has 1 unspecified atom stereocenters. The van der Waals surface area contributed by atoms with Gasteiger partial charge in [-0.05, 0) is 56.7 Å². The number of nitrogens with two attached hydrogens (primary N) is 1. The van der Waals surface area contributed by atoms with E-state index in [1.165, 1.54) is 0 Å². The van der Waals surface area contributed by atoms with Gasteiger partial charge in [-0.1, -0.05) is 29.4 Å². The van der Waals surface area contributed by atoms with E-state index in [1.54, 1.807) is 31.2 Å². The summed E-state index contributed by atoms with van der Waals surface area (Å²) in [5.41, 5.74) is 10.8. The number of hydrogen-bond acceptors (Lipinski definition) is 5. The molecule has 0 aliphatic rings. The van der Waals surface area contributed by atoms with Crippen molar-refractivity contribution in [2.45, 2.75) is 33.4 Å². The van der Waals surface area contributed by atoms with Gasteiger partial charge in [0.1, 0.15) is 0 Å². The molecule has 0 bridgehead atoms. The summed E-state index contributed by atoms with van der Waals surface area (Å²) in [4.78, 5) is 17.6. The number of amides is 1. The molecule has 0 spiro atoms. The SMILES string of the molecule is Cc1cc(C)n(Cc2cccc(C(N)=NOC(C)C(=O)Nc3cccc(C#N)c3)c2)n1. The molecule has 0 aliphatic carbocycles. The molecule has 1 amide bonds. The Morgan fingerprint density at radius 3 is 2.74 bits per heavy atom. The van der Waals surface area contributed by atoms with E-state index in [0.29, 0.717) is 23.4 Å². The van der Waals surface area contributed by atoms with Crippen molar-refractivity contribution >= 4 is 17.4 Å². The van der Waals surface area contributed by atoms with Gasteiger partial charge in [-0.3, -0.25) is 9.48 Å². The lowest BCUT2D eigenvalue weighted by molar-refractivity contribution is -0.126. The predicted octanol–water partition coefficient (Wildman–Crippen LogP) is 3.08. The highest BCUT2D eigenvalue weighted by molar-refractivity contribution is 5.97. The molecule has 0 saturated carbocycles. The van der Waals surface area contributed by atoms with Crippen LogP contribution in [0, 0.1) is 25.2 Å². The monoisotopic (exact) mass is 416 g/mol. The number of rotatable bonds is 7. The average molecular weight is 416 g/mol. The summed E-state index contributed by atoms with van der Waals surface area (Å²) >= 11 is 0. The van der Waals surface area contributed by atoms with Crippen LogP contribution in [0.2, 0.25) is 0 Å². The second kappa shape index (κ2) is 9.59. The number of nitriles is 1. The molecule has 3 N–H and O–H groups in total. The molecule has 2 aromatic carbocycles. The standard InChI is InChI=1S/C23H24N6O2/c1-15-10-16(2)29(27-15)14-19-7-4-8-20(11-19)22(25)28-31-17(3)23(30)26-21-9-5-6-18(12-21)13-24/h4-12,17H,14H2,1-3H3,(H2,25,28)(H,26,30). The molecule has 0 aliphatic heterocycles. The minimum atomic E-state index is -0.873. The second-order valence-corrected chi connectivity index (χ2v) is 7.19. The van der Waals surface area contributed by atoms with Crippen LogP contribution in [-0.2, 0) is 16.2 Å². The number of carbonyl (C=O) groups is 1. The van der Waals surface area contributed by atoms with Crippen molar-refractivity contribution in [3.05, 3.63) is 82.7 Å². The molecule has 0 saturated heterocycles. The van der Waals surface area contributed by atoms with Crippen molar-refractivity contribution in [2.24, 2.45) is 10.9 Å². The largest absolute Gasteiger partial charge is 0.381 e. The number of carbonyl (C=O) groups excluding carboxylic acids is 1. The summed E-state index contributed by atoms with van der Waals surface area (Å²) in [6.07, 6.45) is -0.873. The predicted molar refractivity (Wildman–Crippen MR) is 118 cm³/mol. The van der Waals surface area contributed by atoms with Crippen LogP contribution in [-0.4, -0.2) is 27.6 Å². The van der Waals surface area contributed by atoms with Crippen LogP contribution in [0.3, 0.4) is 0 Å². The fraction of sp³-hybridized carbons (Fsp3) is 0.217. The van der Waals surface area contributed by atoms with Crippen LogP contribution in [0.25, 0.3) is 0 Å². The van der Waals surface area contributed by atoms with Crippen LogP contribution in [0.4, 0.5) is 5.69 Å². The highest BCUT2D eigenvalue weighted by Gasteiger charge is 2.15. The first-order valence-corrected chi connectivity index (χ1v) is 9.76. The van der Waals surface area contributed by atoms with Gasteiger partial charge in [-0.25, -0.2) is 0 Å². The number of aromatic nitrogens is 2. The normalized spacial score (nSPS) is 12.1. The third-order valence-electron chi connectivity index (χ3n) is 4.60. The van der Waals surface area contributed by atoms with Crippen LogP contribution in [0.5, 0.6) is 0 Å². The maximum Gasteiger partial charge on any atom is 0.267 e. The average Bonchev–Trinajstić information content (AvgIpc) is 3.08. The molecule has 3 aromatic rings. The molecule has 1 atom stereocenters. The summed E-state index contributed by atoms with van der Waals surface area (Å²) in [7, 11) is 0. The Bertz CT molecular complexity index is 1160. The van der Waals surface area contributed by atoms with Gasteiger partial charge in [0.2, 0.25) is 6.10 Å². The Morgan fingerprint density at radius 2 is 2.03 bits per heavy atom. The molecule has 0 fully saturated rings. The van der Waals surface area contributed by atoms with Gasteiger partial charge in [0.05, 0.1) is 23.9 Å². The number of hydrogen-bond donors (Lipinski definition) is 2. The smallest absolute Gasteiger partial charge is 0.267 e. The first kappa shape index (κ1) is 21.6. The number of oxime groups is 1. The first-order chi connectivity index (χ1) is 14.9. The Kier molecular flexibility index (Phi) is 6.67. The van der Waals surface area contributed by atoms with Gasteiger partial charge in [0, 0.05) is 16.9 Å². The lowest BCUT2D eigenvalue weighted by Gasteiger charge is -2.12. The van der Waals surface area contributed by atoms with E-state index < -0.39 is 12.0 Å². The van der Waals surface area contributed by atoms with E-state index >= 15 is 0 Å². The lowest BCUT2D eigenvalue weighted by atomic mass is 10.1. The van der Waals surface area contributed by atoms with Crippen LogP contribution < -0.4 is 11.1 Å². The van der Waals surface area contributed by atoms with Crippen molar-refractivity contribution in [3.8, 4) is 6.07 Å². The van der Waals surface area contributed by atoms with Gasteiger partial charge in [-0.2, -0.15) is 10.4 Å². The zero-order valence-electron chi connectivity index (χ0n) is 17.7. The highest BCUT2D eigenvalue weighted by atomic mass is 16.6. The van der Waals surface area contributed by atoms with Crippen molar-refractivity contribution < 1.29 is 9.63 Å². The Labute approximate surface area is 180 Å². The van der Waals surface area contributed by atoms with Crippen molar-refractivity contribution in [3.63, 3.8) is 0 Å². The zero-order valence-corrected chi connectivity index (χ0v) is 17.7. The highest BCUT2D eigenvalue weighted by Crippen LogP contribution is 2.12. The first-order valence-electron chi connectivity index (χ1n) is 9.76. The zero-order chi connectivity index (χ0) is 22.4. The second-order valence-electron chi connectivity index (χ2n) is 7.19. The molecule has 0 radical (unpaired) electrons. The molecule has 8 heteroatoms. The summed E-state index contributed by atoms with van der Waals surface area (Å²) in [5.74, 6) is -0.230. The van der Waals surface area contributed by atoms with Crippen molar-refractivity contribution in [2.75, 3.05) is 5.32 Å². The summed E-state index contributed by atoms with van der Waals surface area (Å²) in [6.45, 7) is 6.15. The molecule has 1 aromatic heterocycles. The van der Waals surface area contributed by atoms with Crippen LogP contribution in [0.1, 0.15) is 35.0 Å². The van der Waals surface area contributed by atoms with E-state index in [1.807, 2.05) is 54.9 Å². The number of benzene rings is 2. The third-order valence-corrected chi connectivity index (χ3v) is 4.60. The van der Waals surface area contributed by atoms with Crippen molar-refractivity contribution in [1.29, 1.82) is 5.26 Å². The van der Waals surface area contributed by atoms with Gasteiger partial charge in [-0.15, -0.1) is 0 Å². The van der Waals surface area contributed by atoms with Crippen LogP contribution >= 0.6 is 0 Å². The maximum absolute atomic E-state index is 12.3. The summed E-state index contributed by atoms with van der Waals surface area (Å²) in [6, 6.07) is 18.3. The minimum Gasteiger partial charge on any atom is -0.381 e. The van der Waals surface area contributed by atoms with E-state index in [2.05, 4.69) is 15.6 Å². The summed E-state index contributed by atoms with van der Waals surface area (Å²) < 4.78 is 1.92. The minimum absolute atomic E-state index is 0.168. The summed E-state index contributed by atoms with van der Waals surface area (Å²) in [5, 5.41) is 20.0. The third kappa shape index (κ3) is 5.70. The van der Waals surface area contributed by atoms with E-state index in [0.717, 1.165) is 17.0 Å². The maximum atomic E-state index is 12.3. The number of aryl methyl sites for hydroxylation is 2. The fourth-order valence-corrected chi connectivity index (χ4v) is 2.98. The molecular formula is C23H24N6O2. The van der Waals surface area contributed by atoms with Crippen molar-refractivity contribution in [1.82, 2.24) is 9.78 Å². The number of nitrogens with one attached hydrogen (secondary N) is 1. The van der Waals surface area contributed by atoms with Gasteiger partial charge < -0.3 is 15.9 Å². The Hall–Kier alpha value is -4.12. The quantitative estimate of drug-likeness (QED) is 0.349. The fourth-order valence-electron chi connectivity index (χ4n) is 2.98. The number of amidine groups is 1. The van der Waals surface area contributed by atoms with Gasteiger partial charge in [0.15, 0.2) is 5.84 Å². The van der Waals surface area contributed by atoms with E-state index in [-0.39, 0.29) is 5.84 Å². The molecule has 3 rings (SSSR count). The topological polar surface area (TPSA) is 118 Å². The molecule has 1 heterocycles. The van der Waals surface area contributed by atoms with E-state index in [4.69, 9.17) is 15.8 Å². The van der Waals surface area contributed by atoms with Crippen LogP contribution in [0.15, 0.2) is 59.8 Å². The van der Waals surface area contributed by atoms with Gasteiger partial charge >= 0.3 is 0 Å². The number of nitrogens with zero attached hydrogens (tertiary/aromatic N) is 4. The Morgan fingerprint density at radius 1 is 1.26 bits per heavy atom.